The summed E-state index contributed by atoms with van der Waals surface area (Å²) in [5.74, 6) is 0. The fourth-order valence-electron chi connectivity index (χ4n) is 2.14. The van der Waals surface area contributed by atoms with Gasteiger partial charge in [-0.1, -0.05) is 0 Å². The van der Waals surface area contributed by atoms with Crippen molar-refractivity contribution >= 4 is 6.09 Å². The molecule has 0 bridgehead atoms. The van der Waals surface area contributed by atoms with Crippen molar-refractivity contribution in [2.45, 2.75) is 36.9 Å². The summed E-state index contributed by atoms with van der Waals surface area (Å²) in [7, 11) is 0. The summed E-state index contributed by atoms with van der Waals surface area (Å²) in [6.07, 6.45) is 1.75. The van der Waals surface area contributed by atoms with Crippen LogP contribution in [0.3, 0.4) is 0 Å². The van der Waals surface area contributed by atoms with Gasteiger partial charge in [-0.25, -0.2) is 4.79 Å². The monoisotopic (exact) mass is 185 g/mol. The fourth-order valence-corrected chi connectivity index (χ4v) is 2.14. The second-order valence-corrected chi connectivity index (χ2v) is 4.15. The molecule has 0 unspecified atom stereocenters. The maximum Gasteiger partial charge on any atom is 0.407 e. The quantitative estimate of drug-likeness (QED) is 0.477. The van der Waals surface area contributed by atoms with Gasteiger partial charge in [-0.15, -0.1) is 0 Å². The molecule has 2 fully saturated rings. The summed E-state index contributed by atoms with van der Waals surface area (Å²) in [6, 6.07) is -0.250. The predicted molar refractivity (Wildman–Crippen MR) is 47.3 cm³/mol. The minimum Gasteiger partial charge on any atom is -0.465 e. The standard InChI is InChI=1S/C8H15N3O2/c9-5-3-8(1-2-8)11(7(12)13)4-6(5)10/h5-6H,1-4,9-10H2,(H,12,13)/t5-,6+/m0/s1. The SMILES string of the molecule is N[C@@H]1CN(C(=O)O)C2(CC2)C[C@@H]1N. The minimum atomic E-state index is -0.861. The minimum absolute atomic E-state index is 0.0434. The van der Waals surface area contributed by atoms with E-state index in [4.69, 9.17) is 16.6 Å². The number of likely N-dealkylation sites (tertiary alicyclic amines) is 1. The van der Waals surface area contributed by atoms with Gasteiger partial charge in [0.2, 0.25) is 0 Å². The first-order valence-electron chi connectivity index (χ1n) is 4.57. The molecule has 0 radical (unpaired) electrons. The maximum absolute atomic E-state index is 10.9. The molecule has 2 aliphatic rings. The van der Waals surface area contributed by atoms with E-state index in [0.717, 1.165) is 19.3 Å². The average molecular weight is 185 g/mol. The van der Waals surface area contributed by atoms with Crippen LogP contribution in [-0.2, 0) is 0 Å². The number of amides is 1. The lowest BCUT2D eigenvalue weighted by molar-refractivity contribution is 0.0839. The summed E-state index contributed by atoms with van der Waals surface area (Å²) in [5.41, 5.74) is 11.4. The smallest absolute Gasteiger partial charge is 0.407 e. The van der Waals surface area contributed by atoms with E-state index in [1.54, 1.807) is 0 Å². The molecule has 2 rings (SSSR count). The van der Waals surface area contributed by atoms with Crippen LogP contribution in [0.4, 0.5) is 4.79 Å². The number of hydrogen-bond donors (Lipinski definition) is 3. The van der Waals surface area contributed by atoms with E-state index in [-0.39, 0.29) is 17.6 Å². The van der Waals surface area contributed by atoms with Gasteiger partial charge in [0.05, 0.1) is 0 Å². The normalized spacial score (nSPS) is 36.3. The Bertz CT molecular complexity index is 240. The van der Waals surface area contributed by atoms with E-state index in [2.05, 4.69) is 0 Å². The Hall–Kier alpha value is -0.810. The first kappa shape index (κ1) is 8.77. The molecule has 1 spiro atoms. The Morgan fingerprint density at radius 1 is 1.38 bits per heavy atom. The molecule has 0 aromatic heterocycles. The van der Waals surface area contributed by atoms with Crippen LogP contribution in [0.2, 0.25) is 0 Å². The Morgan fingerprint density at radius 3 is 2.46 bits per heavy atom. The van der Waals surface area contributed by atoms with Gasteiger partial charge in [-0.05, 0) is 19.3 Å². The van der Waals surface area contributed by atoms with Gasteiger partial charge in [0.15, 0.2) is 0 Å². The van der Waals surface area contributed by atoms with Gasteiger partial charge in [0, 0.05) is 24.2 Å². The Balaban J connectivity index is 2.14. The molecule has 1 saturated heterocycles. The molecule has 0 aromatic carbocycles. The van der Waals surface area contributed by atoms with Crippen molar-refractivity contribution in [3.05, 3.63) is 0 Å². The highest BCUT2D eigenvalue weighted by Gasteiger charge is 2.54. The van der Waals surface area contributed by atoms with Crippen LogP contribution in [0.15, 0.2) is 0 Å². The number of nitrogens with zero attached hydrogens (tertiary/aromatic N) is 1. The van der Waals surface area contributed by atoms with E-state index in [1.807, 2.05) is 0 Å². The van der Waals surface area contributed by atoms with E-state index in [0.29, 0.717) is 6.54 Å². The number of hydrogen-bond acceptors (Lipinski definition) is 3. The third-order valence-electron chi connectivity index (χ3n) is 3.19. The van der Waals surface area contributed by atoms with Crippen LogP contribution in [0.25, 0.3) is 0 Å². The molecule has 1 heterocycles. The third-order valence-corrected chi connectivity index (χ3v) is 3.19. The molecule has 1 aliphatic heterocycles. The predicted octanol–water partition coefficient (Wildman–Crippen LogP) is -0.443. The highest BCUT2D eigenvalue weighted by atomic mass is 16.4. The molecule has 5 nitrogen and oxygen atoms in total. The molecular formula is C8H15N3O2. The summed E-state index contributed by atoms with van der Waals surface area (Å²) >= 11 is 0. The lowest BCUT2D eigenvalue weighted by Gasteiger charge is -2.40. The summed E-state index contributed by atoms with van der Waals surface area (Å²) in [4.78, 5) is 12.4. The van der Waals surface area contributed by atoms with Crippen LogP contribution >= 0.6 is 0 Å². The first-order chi connectivity index (χ1) is 6.05. The van der Waals surface area contributed by atoms with Gasteiger partial charge in [-0.3, -0.25) is 0 Å². The third kappa shape index (κ3) is 1.28. The van der Waals surface area contributed by atoms with Gasteiger partial charge in [-0.2, -0.15) is 0 Å². The highest BCUT2D eigenvalue weighted by Crippen LogP contribution is 2.47. The zero-order valence-electron chi connectivity index (χ0n) is 7.44. The van der Waals surface area contributed by atoms with E-state index in [9.17, 15) is 4.79 Å². The second-order valence-electron chi connectivity index (χ2n) is 4.15. The number of nitrogens with two attached hydrogens (primary N) is 2. The van der Waals surface area contributed by atoms with Crippen molar-refractivity contribution in [3.63, 3.8) is 0 Å². The summed E-state index contributed by atoms with van der Waals surface area (Å²) in [5, 5.41) is 8.95. The second kappa shape index (κ2) is 2.59. The lowest BCUT2D eigenvalue weighted by Crippen LogP contribution is -2.61. The zero-order valence-corrected chi connectivity index (χ0v) is 7.44. The van der Waals surface area contributed by atoms with Crippen LogP contribution in [0.1, 0.15) is 19.3 Å². The molecule has 1 amide bonds. The van der Waals surface area contributed by atoms with Crippen LogP contribution < -0.4 is 11.5 Å². The number of carboxylic acid groups (broad SMARTS) is 1. The number of rotatable bonds is 0. The van der Waals surface area contributed by atoms with Gasteiger partial charge in [0.25, 0.3) is 0 Å². The van der Waals surface area contributed by atoms with Gasteiger partial charge < -0.3 is 21.5 Å². The average Bonchev–Trinajstić information content (AvgIpc) is 2.78. The Labute approximate surface area is 76.7 Å². The van der Waals surface area contributed by atoms with Crippen LogP contribution in [-0.4, -0.2) is 40.3 Å². The molecule has 13 heavy (non-hydrogen) atoms. The van der Waals surface area contributed by atoms with Crippen LogP contribution in [0.5, 0.6) is 0 Å². The van der Waals surface area contributed by atoms with Crippen molar-refractivity contribution in [2.75, 3.05) is 6.54 Å². The number of carbonyl (C=O) groups is 1. The van der Waals surface area contributed by atoms with Crippen molar-refractivity contribution < 1.29 is 9.90 Å². The Morgan fingerprint density at radius 2 is 2.00 bits per heavy atom. The first-order valence-corrected chi connectivity index (χ1v) is 4.57. The molecular weight excluding hydrogens is 170 g/mol. The van der Waals surface area contributed by atoms with E-state index in [1.165, 1.54) is 4.90 Å². The molecule has 5 N–H and O–H groups in total. The van der Waals surface area contributed by atoms with Gasteiger partial charge >= 0.3 is 6.09 Å². The molecule has 2 atom stereocenters. The fraction of sp³-hybridized carbons (Fsp3) is 0.875. The van der Waals surface area contributed by atoms with Crippen molar-refractivity contribution in [3.8, 4) is 0 Å². The van der Waals surface area contributed by atoms with Crippen LogP contribution in [0, 0.1) is 0 Å². The topological polar surface area (TPSA) is 92.6 Å². The number of piperidine rings is 1. The van der Waals surface area contributed by atoms with Crippen molar-refractivity contribution in [1.29, 1.82) is 0 Å². The molecule has 0 aromatic rings. The summed E-state index contributed by atoms with van der Waals surface area (Å²) in [6.45, 7) is 0.385. The Kier molecular flexibility index (Phi) is 1.75. The zero-order chi connectivity index (χ0) is 9.64. The molecule has 74 valence electrons. The molecule has 1 aliphatic carbocycles. The van der Waals surface area contributed by atoms with Crippen molar-refractivity contribution in [2.24, 2.45) is 11.5 Å². The highest BCUT2D eigenvalue weighted by molar-refractivity contribution is 5.67. The summed E-state index contributed by atoms with van der Waals surface area (Å²) < 4.78 is 0. The van der Waals surface area contributed by atoms with E-state index < -0.39 is 6.09 Å². The largest absolute Gasteiger partial charge is 0.465 e. The molecule has 1 saturated carbocycles. The van der Waals surface area contributed by atoms with Crippen molar-refractivity contribution in [1.82, 2.24) is 4.90 Å². The lowest BCUT2D eigenvalue weighted by atomic mass is 9.92. The van der Waals surface area contributed by atoms with Gasteiger partial charge in [0.1, 0.15) is 0 Å². The molecule has 5 heteroatoms. The van der Waals surface area contributed by atoms with E-state index >= 15 is 0 Å². The maximum atomic E-state index is 10.9.